The SMILES string of the molecule is Cc1cccc(NS(=O)(=O)c2ccc(C)c(C(=O)NCC(N)C3CC3)c2)c1. The molecule has 7 heteroatoms. The average Bonchev–Trinajstić information content (AvgIpc) is 3.44. The van der Waals surface area contributed by atoms with Gasteiger partial charge in [-0.1, -0.05) is 18.2 Å². The van der Waals surface area contributed by atoms with Gasteiger partial charge in [-0.2, -0.15) is 0 Å². The van der Waals surface area contributed by atoms with Crippen LogP contribution in [-0.2, 0) is 10.0 Å². The van der Waals surface area contributed by atoms with Gasteiger partial charge in [0, 0.05) is 23.8 Å². The monoisotopic (exact) mass is 387 g/mol. The van der Waals surface area contributed by atoms with Gasteiger partial charge in [-0.05, 0) is 68.0 Å². The summed E-state index contributed by atoms with van der Waals surface area (Å²) in [5.74, 6) is 0.174. The molecule has 0 saturated heterocycles. The second kappa shape index (κ2) is 7.70. The van der Waals surface area contributed by atoms with Crippen molar-refractivity contribution in [1.29, 1.82) is 0 Å². The molecule has 4 N–H and O–H groups in total. The van der Waals surface area contributed by atoms with E-state index < -0.39 is 10.0 Å². The van der Waals surface area contributed by atoms with Crippen molar-refractivity contribution in [3.8, 4) is 0 Å². The summed E-state index contributed by atoms with van der Waals surface area (Å²) in [5, 5.41) is 2.82. The van der Waals surface area contributed by atoms with E-state index in [2.05, 4.69) is 10.0 Å². The van der Waals surface area contributed by atoms with E-state index in [1.807, 2.05) is 13.0 Å². The van der Waals surface area contributed by atoms with Crippen LogP contribution in [0.3, 0.4) is 0 Å². The summed E-state index contributed by atoms with van der Waals surface area (Å²) < 4.78 is 28.0. The number of hydrogen-bond donors (Lipinski definition) is 3. The van der Waals surface area contributed by atoms with Gasteiger partial charge in [0.15, 0.2) is 0 Å². The molecule has 0 aliphatic heterocycles. The van der Waals surface area contributed by atoms with Crippen molar-refractivity contribution in [2.75, 3.05) is 11.3 Å². The quantitative estimate of drug-likeness (QED) is 0.679. The zero-order valence-corrected chi connectivity index (χ0v) is 16.3. The predicted molar refractivity (Wildman–Crippen MR) is 106 cm³/mol. The maximum Gasteiger partial charge on any atom is 0.261 e. The minimum Gasteiger partial charge on any atom is -0.350 e. The standard InChI is InChI=1S/C20H25N3O3S/c1-13-4-3-5-16(10-13)23-27(25,26)17-9-6-14(2)18(11-17)20(24)22-12-19(21)15-7-8-15/h3-6,9-11,15,19,23H,7-8,12,21H2,1-2H3,(H,22,24). The Hall–Kier alpha value is -2.38. The zero-order chi connectivity index (χ0) is 19.6. The van der Waals surface area contributed by atoms with E-state index in [9.17, 15) is 13.2 Å². The third-order valence-corrected chi connectivity index (χ3v) is 6.14. The highest BCUT2D eigenvalue weighted by molar-refractivity contribution is 7.92. The number of anilines is 1. The van der Waals surface area contributed by atoms with Crippen molar-refractivity contribution in [2.45, 2.75) is 37.6 Å². The van der Waals surface area contributed by atoms with Crippen LogP contribution < -0.4 is 15.8 Å². The highest BCUT2D eigenvalue weighted by atomic mass is 32.2. The molecule has 6 nitrogen and oxygen atoms in total. The third-order valence-electron chi connectivity index (χ3n) is 4.76. The lowest BCUT2D eigenvalue weighted by Crippen LogP contribution is -2.38. The first-order valence-electron chi connectivity index (χ1n) is 9.00. The fourth-order valence-electron chi connectivity index (χ4n) is 2.93. The molecule has 1 aliphatic carbocycles. The number of amides is 1. The van der Waals surface area contributed by atoms with Crippen molar-refractivity contribution >= 4 is 21.6 Å². The van der Waals surface area contributed by atoms with E-state index >= 15 is 0 Å². The Balaban J connectivity index is 1.77. The molecule has 1 amide bonds. The fourth-order valence-corrected chi connectivity index (χ4v) is 4.01. The number of benzene rings is 2. The van der Waals surface area contributed by atoms with Gasteiger partial charge < -0.3 is 11.1 Å². The van der Waals surface area contributed by atoms with Crippen molar-refractivity contribution < 1.29 is 13.2 Å². The highest BCUT2D eigenvalue weighted by Crippen LogP contribution is 2.31. The summed E-state index contributed by atoms with van der Waals surface area (Å²) in [4.78, 5) is 12.6. The lowest BCUT2D eigenvalue weighted by Gasteiger charge is -2.14. The van der Waals surface area contributed by atoms with E-state index in [0.717, 1.165) is 18.4 Å². The summed E-state index contributed by atoms with van der Waals surface area (Å²) >= 11 is 0. The van der Waals surface area contributed by atoms with Crippen LogP contribution in [0, 0.1) is 19.8 Å². The van der Waals surface area contributed by atoms with Gasteiger partial charge in [-0.25, -0.2) is 8.42 Å². The van der Waals surface area contributed by atoms with E-state index in [1.165, 1.54) is 12.1 Å². The second-order valence-corrected chi connectivity index (χ2v) is 8.85. The number of carbonyl (C=O) groups is 1. The first-order valence-corrected chi connectivity index (χ1v) is 10.5. The molecule has 1 aliphatic rings. The maximum absolute atomic E-state index is 12.7. The van der Waals surface area contributed by atoms with Gasteiger partial charge >= 0.3 is 0 Å². The summed E-state index contributed by atoms with van der Waals surface area (Å²) in [6, 6.07) is 11.6. The van der Waals surface area contributed by atoms with Crippen LogP contribution in [0.25, 0.3) is 0 Å². The lowest BCUT2D eigenvalue weighted by atomic mass is 10.1. The average molecular weight is 388 g/mol. The van der Waals surface area contributed by atoms with Gasteiger partial charge in [0.25, 0.3) is 15.9 Å². The van der Waals surface area contributed by atoms with E-state index in [1.54, 1.807) is 31.2 Å². The van der Waals surface area contributed by atoms with Crippen LogP contribution in [0.1, 0.15) is 34.3 Å². The summed E-state index contributed by atoms with van der Waals surface area (Å²) in [6.07, 6.45) is 2.21. The molecule has 1 atom stereocenters. The van der Waals surface area contributed by atoms with Crippen molar-refractivity contribution in [3.05, 3.63) is 59.2 Å². The molecule has 0 bridgehead atoms. The van der Waals surface area contributed by atoms with Crippen LogP contribution in [-0.4, -0.2) is 26.9 Å². The molecule has 2 aromatic rings. The van der Waals surface area contributed by atoms with Crippen LogP contribution in [0.2, 0.25) is 0 Å². The van der Waals surface area contributed by atoms with Crippen molar-refractivity contribution in [3.63, 3.8) is 0 Å². The smallest absolute Gasteiger partial charge is 0.261 e. The summed E-state index contributed by atoms with van der Waals surface area (Å²) in [5.41, 5.74) is 8.50. The van der Waals surface area contributed by atoms with Gasteiger partial charge in [-0.15, -0.1) is 0 Å². The first-order chi connectivity index (χ1) is 12.8. The molecule has 1 fully saturated rings. The largest absolute Gasteiger partial charge is 0.350 e. The summed E-state index contributed by atoms with van der Waals surface area (Å²) in [6.45, 7) is 4.06. The number of sulfonamides is 1. The van der Waals surface area contributed by atoms with Crippen LogP contribution in [0.5, 0.6) is 0 Å². The van der Waals surface area contributed by atoms with Crippen LogP contribution in [0.4, 0.5) is 5.69 Å². The number of rotatable bonds is 7. The van der Waals surface area contributed by atoms with Crippen LogP contribution in [0.15, 0.2) is 47.4 Å². The Morgan fingerprint density at radius 1 is 1.19 bits per heavy atom. The predicted octanol–water partition coefficient (Wildman–Crippen LogP) is 2.57. The molecule has 144 valence electrons. The Labute approximate surface area is 160 Å². The molecule has 0 radical (unpaired) electrons. The Kier molecular flexibility index (Phi) is 5.53. The molecule has 2 aromatic carbocycles. The lowest BCUT2D eigenvalue weighted by molar-refractivity contribution is 0.0949. The zero-order valence-electron chi connectivity index (χ0n) is 15.5. The molecule has 0 spiro atoms. The second-order valence-electron chi connectivity index (χ2n) is 7.16. The van der Waals surface area contributed by atoms with E-state index in [-0.39, 0.29) is 16.8 Å². The number of carbonyl (C=O) groups excluding carboxylic acids is 1. The van der Waals surface area contributed by atoms with Crippen LogP contribution >= 0.6 is 0 Å². The number of hydrogen-bond acceptors (Lipinski definition) is 4. The van der Waals surface area contributed by atoms with Gasteiger partial charge in [0.2, 0.25) is 0 Å². The van der Waals surface area contributed by atoms with E-state index in [4.69, 9.17) is 5.73 Å². The molecule has 0 heterocycles. The molecular formula is C20H25N3O3S. The highest BCUT2D eigenvalue weighted by Gasteiger charge is 2.28. The minimum atomic E-state index is -3.79. The topological polar surface area (TPSA) is 101 Å². The van der Waals surface area contributed by atoms with Crippen molar-refractivity contribution in [2.24, 2.45) is 11.7 Å². The number of nitrogens with two attached hydrogens (primary N) is 1. The van der Waals surface area contributed by atoms with Crippen molar-refractivity contribution in [1.82, 2.24) is 5.32 Å². The normalized spacial score (nSPS) is 15.2. The molecule has 3 rings (SSSR count). The molecule has 1 saturated carbocycles. The Bertz CT molecular complexity index is 953. The third kappa shape index (κ3) is 4.87. The molecular weight excluding hydrogens is 362 g/mol. The molecule has 1 unspecified atom stereocenters. The van der Waals surface area contributed by atoms with Gasteiger partial charge in [0.05, 0.1) is 4.90 Å². The first kappa shape index (κ1) is 19.4. The maximum atomic E-state index is 12.7. The number of aryl methyl sites for hydroxylation is 2. The van der Waals surface area contributed by atoms with Gasteiger partial charge in [-0.3, -0.25) is 9.52 Å². The minimum absolute atomic E-state index is 0.0475. The molecule has 27 heavy (non-hydrogen) atoms. The Morgan fingerprint density at radius 3 is 2.59 bits per heavy atom. The summed E-state index contributed by atoms with van der Waals surface area (Å²) in [7, 11) is -3.79. The Morgan fingerprint density at radius 2 is 1.93 bits per heavy atom. The fraction of sp³-hybridized carbons (Fsp3) is 0.350. The van der Waals surface area contributed by atoms with Gasteiger partial charge in [0.1, 0.15) is 0 Å². The van der Waals surface area contributed by atoms with E-state index in [0.29, 0.717) is 29.3 Å². The molecule has 0 aromatic heterocycles. The number of nitrogens with one attached hydrogen (secondary N) is 2.